The van der Waals surface area contributed by atoms with Crippen LogP contribution in [0.25, 0.3) is 0 Å². The number of carbonyl (C=O) groups excluding carboxylic acids is 1. The summed E-state index contributed by atoms with van der Waals surface area (Å²) in [5.41, 5.74) is 0.152. The van der Waals surface area contributed by atoms with Gasteiger partial charge in [0.25, 0.3) is 5.91 Å². The number of carbonyl (C=O) groups is 1. The molecule has 1 fully saturated rings. The standard InChI is InChI=1S/C16H18ClFN4O2/c1-22-16(24)20-14(21-22)15(23)19-8-11(9-2-3-9)6-10-4-5-12(17)7-13(10)18/h4-5,7,9,11H,2-3,6,8H2,1H3,(H,19,23)(H,20,21,24). The topological polar surface area (TPSA) is 79.8 Å². The summed E-state index contributed by atoms with van der Waals surface area (Å²) < 4.78 is 15.0. The van der Waals surface area contributed by atoms with Crippen molar-refractivity contribution in [3.8, 4) is 0 Å². The molecule has 0 saturated heterocycles. The van der Waals surface area contributed by atoms with E-state index in [-0.39, 0.29) is 17.6 Å². The summed E-state index contributed by atoms with van der Waals surface area (Å²) in [5, 5.41) is 6.96. The van der Waals surface area contributed by atoms with Crippen LogP contribution in [0.5, 0.6) is 0 Å². The predicted molar refractivity (Wildman–Crippen MR) is 87.5 cm³/mol. The Bertz CT molecular complexity index is 813. The van der Waals surface area contributed by atoms with Crippen molar-refractivity contribution in [2.75, 3.05) is 6.54 Å². The summed E-state index contributed by atoms with van der Waals surface area (Å²) in [4.78, 5) is 25.8. The third kappa shape index (κ3) is 3.84. The molecule has 1 atom stereocenters. The number of nitrogens with zero attached hydrogens (tertiary/aromatic N) is 2. The molecule has 1 amide bonds. The Morgan fingerprint density at radius 1 is 1.54 bits per heavy atom. The number of benzene rings is 1. The number of halogens is 2. The Labute approximate surface area is 143 Å². The van der Waals surface area contributed by atoms with Gasteiger partial charge in [-0.3, -0.25) is 9.78 Å². The van der Waals surface area contributed by atoms with Gasteiger partial charge in [-0.2, -0.15) is 0 Å². The first-order chi connectivity index (χ1) is 11.4. The SMILES string of the molecule is Cn1nc(C(=O)NCC(Cc2ccc(Cl)cc2F)C2CC2)[nH]c1=O. The summed E-state index contributed by atoms with van der Waals surface area (Å²) in [6.45, 7) is 0.407. The highest BCUT2D eigenvalue weighted by atomic mass is 35.5. The van der Waals surface area contributed by atoms with E-state index in [1.54, 1.807) is 12.1 Å². The molecule has 1 unspecified atom stereocenters. The molecule has 3 rings (SSSR count). The third-order valence-corrected chi connectivity index (χ3v) is 4.53. The largest absolute Gasteiger partial charge is 0.349 e. The summed E-state index contributed by atoms with van der Waals surface area (Å²) >= 11 is 5.78. The Hall–Kier alpha value is -2.15. The molecule has 1 aliphatic carbocycles. The highest BCUT2D eigenvalue weighted by molar-refractivity contribution is 6.30. The molecule has 0 radical (unpaired) electrons. The van der Waals surface area contributed by atoms with Crippen molar-refractivity contribution in [1.29, 1.82) is 0 Å². The first kappa shape index (κ1) is 16.7. The quantitative estimate of drug-likeness (QED) is 0.833. The molecule has 0 aliphatic heterocycles. The van der Waals surface area contributed by atoms with Crippen molar-refractivity contribution in [2.24, 2.45) is 18.9 Å². The van der Waals surface area contributed by atoms with Crippen molar-refractivity contribution in [3.05, 3.63) is 50.9 Å². The highest BCUT2D eigenvalue weighted by Crippen LogP contribution is 2.38. The number of rotatable bonds is 6. The van der Waals surface area contributed by atoms with Crippen molar-refractivity contribution in [1.82, 2.24) is 20.1 Å². The van der Waals surface area contributed by atoms with E-state index in [4.69, 9.17) is 11.6 Å². The van der Waals surface area contributed by atoms with E-state index in [1.807, 2.05) is 0 Å². The van der Waals surface area contributed by atoms with Gasteiger partial charge in [-0.25, -0.2) is 13.9 Å². The number of hydrogen-bond acceptors (Lipinski definition) is 3. The number of aryl methyl sites for hydroxylation is 1. The van der Waals surface area contributed by atoms with E-state index in [2.05, 4.69) is 15.4 Å². The third-order valence-electron chi connectivity index (χ3n) is 4.30. The van der Waals surface area contributed by atoms with Crippen LogP contribution < -0.4 is 11.0 Å². The van der Waals surface area contributed by atoms with Gasteiger partial charge in [-0.15, -0.1) is 5.10 Å². The van der Waals surface area contributed by atoms with Crippen molar-refractivity contribution in [3.63, 3.8) is 0 Å². The molecule has 1 aromatic carbocycles. The zero-order valence-corrected chi connectivity index (χ0v) is 13.9. The Morgan fingerprint density at radius 2 is 2.29 bits per heavy atom. The van der Waals surface area contributed by atoms with Crippen molar-refractivity contribution < 1.29 is 9.18 Å². The van der Waals surface area contributed by atoms with Crippen LogP contribution in [0.15, 0.2) is 23.0 Å². The minimum Gasteiger partial charge on any atom is -0.349 e. The Kier molecular flexibility index (Phi) is 4.71. The molecule has 8 heteroatoms. The van der Waals surface area contributed by atoms with Crippen LogP contribution in [0, 0.1) is 17.7 Å². The van der Waals surface area contributed by atoms with Crippen molar-refractivity contribution in [2.45, 2.75) is 19.3 Å². The molecule has 1 aromatic heterocycles. The van der Waals surface area contributed by atoms with Crippen molar-refractivity contribution >= 4 is 17.5 Å². The lowest BCUT2D eigenvalue weighted by Crippen LogP contribution is -2.32. The van der Waals surface area contributed by atoms with Crippen LogP contribution >= 0.6 is 11.6 Å². The monoisotopic (exact) mass is 352 g/mol. The predicted octanol–water partition coefficient (Wildman–Crippen LogP) is 1.90. The number of aromatic amines is 1. The van der Waals surface area contributed by atoms with Crippen LogP contribution in [0.2, 0.25) is 5.02 Å². The number of aromatic nitrogens is 3. The van der Waals surface area contributed by atoms with E-state index in [0.717, 1.165) is 17.5 Å². The van der Waals surface area contributed by atoms with E-state index >= 15 is 0 Å². The average molecular weight is 353 g/mol. The molecular weight excluding hydrogens is 335 g/mol. The van der Waals surface area contributed by atoms with Crippen LogP contribution in [0.1, 0.15) is 29.0 Å². The van der Waals surface area contributed by atoms with Crippen LogP contribution in [-0.2, 0) is 13.5 Å². The van der Waals surface area contributed by atoms with Gasteiger partial charge in [0.05, 0.1) is 0 Å². The first-order valence-electron chi connectivity index (χ1n) is 7.79. The van der Waals surface area contributed by atoms with Gasteiger partial charge in [0, 0.05) is 18.6 Å². The van der Waals surface area contributed by atoms with Gasteiger partial charge in [-0.05, 0) is 48.8 Å². The minimum atomic E-state index is -0.442. The molecular formula is C16H18ClFN4O2. The van der Waals surface area contributed by atoms with Crippen LogP contribution in [0.4, 0.5) is 4.39 Å². The Morgan fingerprint density at radius 3 is 2.88 bits per heavy atom. The van der Waals surface area contributed by atoms with Gasteiger partial charge < -0.3 is 5.32 Å². The summed E-state index contributed by atoms with van der Waals surface area (Å²) in [6.07, 6.45) is 2.69. The summed E-state index contributed by atoms with van der Waals surface area (Å²) in [5.74, 6) is -0.165. The zero-order chi connectivity index (χ0) is 17.3. The summed E-state index contributed by atoms with van der Waals surface area (Å²) in [7, 11) is 1.46. The number of H-pyrrole nitrogens is 1. The fraction of sp³-hybridized carbons (Fsp3) is 0.438. The van der Waals surface area contributed by atoms with Crippen LogP contribution in [-0.4, -0.2) is 27.2 Å². The van der Waals surface area contributed by atoms with E-state index in [9.17, 15) is 14.0 Å². The number of amides is 1. The molecule has 6 nitrogen and oxygen atoms in total. The molecule has 2 N–H and O–H groups in total. The lowest BCUT2D eigenvalue weighted by atomic mass is 9.94. The van der Waals surface area contributed by atoms with Gasteiger partial charge in [0.15, 0.2) is 0 Å². The van der Waals surface area contributed by atoms with E-state index in [1.165, 1.54) is 13.1 Å². The number of nitrogens with one attached hydrogen (secondary N) is 2. The second kappa shape index (κ2) is 6.76. The average Bonchev–Trinajstić information content (AvgIpc) is 3.31. The van der Waals surface area contributed by atoms with Gasteiger partial charge in [-0.1, -0.05) is 17.7 Å². The maximum Gasteiger partial charge on any atom is 0.343 e. The maximum atomic E-state index is 14.0. The van der Waals surface area contributed by atoms with Gasteiger partial charge in [0.2, 0.25) is 5.82 Å². The fourth-order valence-electron chi connectivity index (χ4n) is 2.76. The molecule has 2 aromatic rings. The molecule has 0 spiro atoms. The second-order valence-corrected chi connectivity index (χ2v) is 6.59. The molecule has 24 heavy (non-hydrogen) atoms. The zero-order valence-electron chi connectivity index (χ0n) is 13.2. The lowest BCUT2D eigenvalue weighted by molar-refractivity contribution is 0.0934. The highest BCUT2D eigenvalue weighted by Gasteiger charge is 2.32. The molecule has 1 heterocycles. The minimum absolute atomic E-state index is 0.0188. The van der Waals surface area contributed by atoms with E-state index in [0.29, 0.717) is 29.5 Å². The normalized spacial score (nSPS) is 15.3. The molecule has 128 valence electrons. The molecule has 0 bridgehead atoms. The fourth-order valence-corrected chi connectivity index (χ4v) is 2.91. The first-order valence-corrected chi connectivity index (χ1v) is 8.17. The lowest BCUT2D eigenvalue weighted by Gasteiger charge is -2.17. The summed E-state index contributed by atoms with van der Waals surface area (Å²) in [6, 6.07) is 4.66. The number of hydrogen-bond donors (Lipinski definition) is 2. The van der Waals surface area contributed by atoms with E-state index < -0.39 is 11.6 Å². The van der Waals surface area contributed by atoms with Gasteiger partial charge >= 0.3 is 5.69 Å². The molecule has 1 saturated carbocycles. The van der Waals surface area contributed by atoms with Crippen LogP contribution in [0.3, 0.4) is 0 Å². The second-order valence-electron chi connectivity index (χ2n) is 6.15. The Balaban J connectivity index is 1.64. The molecule has 1 aliphatic rings. The maximum absolute atomic E-state index is 14.0. The smallest absolute Gasteiger partial charge is 0.343 e. The van der Waals surface area contributed by atoms with Gasteiger partial charge in [0.1, 0.15) is 5.82 Å².